The molecule has 0 bridgehead atoms. The molecule has 8 heteroatoms. The largest absolute Gasteiger partial charge is 0.493 e. The average molecular weight is 354 g/mol. The zero-order valence-electron chi connectivity index (χ0n) is 14.4. The van der Waals surface area contributed by atoms with Gasteiger partial charge in [0.2, 0.25) is 5.88 Å². The van der Waals surface area contributed by atoms with Gasteiger partial charge in [-0.3, -0.25) is 0 Å². The van der Waals surface area contributed by atoms with E-state index in [1.807, 2.05) is 6.92 Å². The van der Waals surface area contributed by atoms with Gasteiger partial charge in [0.25, 0.3) is 0 Å². The summed E-state index contributed by atoms with van der Waals surface area (Å²) in [7, 11) is 1.56. The molecular formula is C18H18N4O4. The molecule has 3 N–H and O–H groups in total. The van der Waals surface area contributed by atoms with E-state index in [-0.39, 0.29) is 0 Å². The van der Waals surface area contributed by atoms with Crippen molar-refractivity contribution >= 4 is 22.6 Å². The molecule has 1 heterocycles. The van der Waals surface area contributed by atoms with Crippen LogP contribution in [0, 0.1) is 0 Å². The van der Waals surface area contributed by atoms with Crippen LogP contribution < -0.4 is 25.3 Å². The lowest BCUT2D eigenvalue weighted by Gasteiger charge is -2.12. The number of aromatic nitrogens is 2. The number of hydrogen-bond acceptors (Lipinski definition) is 6. The molecule has 8 nitrogen and oxygen atoms in total. The Labute approximate surface area is 149 Å². The molecule has 0 fully saturated rings. The monoisotopic (exact) mass is 354 g/mol. The Bertz CT molecular complexity index is 946. The van der Waals surface area contributed by atoms with Crippen LogP contribution in [0.5, 0.6) is 23.1 Å². The van der Waals surface area contributed by atoms with Crippen LogP contribution in [-0.2, 0) is 0 Å². The summed E-state index contributed by atoms with van der Waals surface area (Å²) in [5.41, 5.74) is 6.31. The molecule has 0 radical (unpaired) electrons. The summed E-state index contributed by atoms with van der Waals surface area (Å²) < 4.78 is 16.8. The molecule has 2 aromatic carbocycles. The Hall–Kier alpha value is -3.55. The van der Waals surface area contributed by atoms with Crippen molar-refractivity contribution in [1.29, 1.82) is 0 Å². The first-order chi connectivity index (χ1) is 12.6. The number of amides is 2. The van der Waals surface area contributed by atoms with E-state index >= 15 is 0 Å². The van der Waals surface area contributed by atoms with Gasteiger partial charge < -0.3 is 25.3 Å². The second-order valence-electron chi connectivity index (χ2n) is 5.25. The lowest BCUT2D eigenvalue weighted by Crippen LogP contribution is -2.19. The van der Waals surface area contributed by atoms with Crippen molar-refractivity contribution in [1.82, 2.24) is 9.97 Å². The van der Waals surface area contributed by atoms with Gasteiger partial charge in [-0.2, -0.15) is 0 Å². The lowest BCUT2D eigenvalue weighted by atomic mass is 10.2. The summed E-state index contributed by atoms with van der Waals surface area (Å²) in [5.74, 6) is 2.00. The van der Waals surface area contributed by atoms with Crippen LogP contribution in [0.1, 0.15) is 6.92 Å². The Morgan fingerprint density at radius 3 is 2.77 bits per heavy atom. The van der Waals surface area contributed by atoms with E-state index in [1.54, 1.807) is 43.5 Å². The van der Waals surface area contributed by atoms with Crippen molar-refractivity contribution in [2.45, 2.75) is 6.92 Å². The fraction of sp³-hybridized carbons (Fsp3) is 0.167. The Balaban J connectivity index is 1.99. The molecule has 0 aliphatic rings. The number of anilines is 1. The number of ether oxygens (including phenoxy) is 3. The van der Waals surface area contributed by atoms with Crippen LogP contribution >= 0.6 is 0 Å². The summed E-state index contributed by atoms with van der Waals surface area (Å²) in [5, 5.41) is 3.17. The van der Waals surface area contributed by atoms with Crippen LogP contribution in [0.15, 0.2) is 42.7 Å². The number of fused-ring (bicyclic) bond motifs is 1. The number of nitrogens with one attached hydrogen (secondary N) is 1. The zero-order valence-corrected chi connectivity index (χ0v) is 14.4. The predicted molar refractivity (Wildman–Crippen MR) is 97.0 cm³/mol. The Morgan fingerprint density at radius 1 is 1.19 bits per heavy atom. The molecule has 134 valence electrons. The van der Waals surface area contributed by atoms with Crippen molar-refractivity contribution in [2.24, 2.45) is 5.73 Å². The van der Waals surface area contributed by atoms with E-state index in [2.05, 4.69) is 15.3 Å². The smallest absolute Gasteiger partial charge is 0.316 e. The van der Waals surface area contributed by atoms with Gasteiger partial charge >= 0.3 is 6.03 Å². The maximum Gasteiger partial charge on any atom is 0.316 e. The van der Waals surface area contributed by atoms with Crippen LogP contribution in [0.25, 0.3) is 10.9 Å². The number of methoxy groups -OCH3 is 1. The third kappa shape index (κ3) is 3.75. The topological polar surface area (TPSA) is 109 Å². The van der Waals surface area contributed by atoms with Crippen molar-refractivity contribution in [3.63, 3.8) is 0 Å². The number of urea groups is 1. The molecule has 26 heavy (non-hydrogen) atoms. The summed E-state index contributed by atoms with van der Waals surface area (Å²) >= 11 is 0. The number of rotatable bonds is 6. The standard InChI is InChI=1S/C18H18N4O4/c1-3-25-16-9-14-13(8-15(16)24-2)17(21-10-20-14)26-12-6-4-5-11(7-12)22-18(19)23/h4-10H,3H2,1-2H3,(H3,19,22,23). The minimum Gasteiger partial charge on any atom is -0.493 e. The minimum atomic E-state index is -0.650. The van der Waals surface area contributed by atoms with Gasteiger partial charge in [-0.05, 0) is 25.1 Å². The molecule has 1 aromatic heterocycles. The third-order valence-electron chi connectivity index (χ3n) is 3.50. The van der Waals surface area contributed by atoms with E-state index in [0.717, 1.165) is 0 Å². The van der Waals surface area contributed by atoms with E-state index in [4.69, 9.17) is 19.9 Å². The first-order valence-corrected chi connectivity index (χ1v) is 7.90. The molecule has 0 unspecified atom stereocenters. The lowest BCUT2D eigenvalue weighted by molar-refractivity contribution is 0.259. The van der Waals surface area contributed by atoms with Gasteiger partial charge in [-0.15, -0.1) is 0 Å². The molecule has 0 saturated carbocycles. The molecular weight excluding hydrogens is 336 g/mol. The molecule has 0 aliphatic carbocycles. The van der Waals surface area contributed by atoms with Gasteiger partial charge in [0, 0.05) is 17.8 Å². The summed E-state index contributed by atoms with van der Waals surface area (Å²) in [4.78, 5) is 19.5. The molecule has 0 atom stereocenters. The van der Waals surface area contributed by atoms with Crippen molar-refractivity contribution in [3.8, 4) is 23.1 Å². The summed E-state index contributed by atoms with van der Waals surface area (Å²) in [6.45, 7) is 2.40. The number of nitrogens with two attached hydrogens (primary N) is 1. The average Bonchev–Trinajstić information content (AvgIpc) is 2.61. The van der Waals surface area contributed by atoms with E-state index in [0.29, 0.717) is 46.3 Å². The minimum absolute atomic E-state index is 0.354. The van der Waals surface area contributed by atoms with Gasteiger partial charge in [-0.1, -0.05) is 6.07 Å². The molecule has 3 aromatic rings. The second-order valence-corrected chi connectivity index (χ2v) is 5.25. The Morgan fingerprint density at radius 2 is 2.04 bits per heavy atom. The summed E-state index contributed by atoms with van der Waals surface area (Å²) in [6.07, 6.45) is 1.41. The highest BCUT2D eigenvalue weighted by molar-refractivity contribution is 5.88. The highest BCUT2D eigenvalue weighted by Gasteiger charge is 2.13. The van der Waals surface area contributed by atoms with Crippen LogP contribution in [0.4, 0.5) is 10.5 Å². The maximum absolute atomic E-state index is 11.0. The SMILES string of the molecule is CCOc1cc2ncnc(Oc3cccc(NC(N)=O)c3)c2cc1OC. The first kappa shape index (κ1) is 17.3. The second kappa shape index (κ2) is 7.56. The van der Waals surface area contributed by atoms with Crippen molar-refractivity contribution in [2.75, 3.05) is 19.0 Å². The van der Waals surface area contributed by atoms with E-state index < -0.39 is 6.03 Å². The zero-order chi connectivity index (χ0) is 18.5. The van der Waals surface area contributed by atoms with E-state index in [1.165, 1.54) is 6.33 Å². The van der Waals surface area contributed by atoms with Crippen molar-refractivity contribution < 1.29 is 19.0 Å². The van der Waals surface area contributed by atoms with Gasteiger partial charge in [0.15, 0.2) is 11.5 Å². The number of nitrogens with zero attached hydrogens (tertiary/aromatic N) is 2. The number of hydrogen-bond donors (Lipinski definition) is 2. The molecule has 3 rings (SSSR count). The highest BCUT2D eigenvalue weighted by atomic mass is 16.5. The number of carbonyl (C=O) groups excluding carboxylic acids is 1. The number of primary amides is 1. The highest BCUT2D eigenvalue weighted by Crippen LogP contribution is 2.36. The fourth-order valence-corrected chi connectivity index (χ4v) is 2.44. The van der Waals surface area contributed by atoms with Gasteiger partial charge in [0.1, 0.15) is 12.1 Å². The molecule has 0 spiro atoms. The van der Waals surface area contributed by atoms with Crippen molar-refractivity contribution in [3.05, 3.63) is 42.7 Å². The maximum atomic E-state index is 11.0. The fourth-order valence-electron chi connectivity index (χ4n) is 2.44. The Kier molecular flexibility index (Phi) is 5.02. The van der Waals surface area contributed by atoms with Crippen LogP contribution in [0.2, 0.25) is 0 Å². The van der Waals surface area contributed by atoms with Gasteiger partial charge in [-0.25, -0.2) is 14.8 Å². The summed E-state index contributed by atoms with van der Waals surface area (Å²) in [6, 6.07) is 9.71. The predicted octanol–water partition coefficient (Wildman–Crippen LogP) is 3.32. The van der Waals surface area contributed by atoms with Gasteiger partial charge in [0.05, 0.1) is 24.6 Å². The number of carbonyl (C=O) groups is 1. The molecule has 2 amide bonds. The van der Waals surface area contributed by atoms with Crippen LogP contribution in [0.3, 0.4) is 0 Å². The molecule has 0 aliphatic heterocycles. The third-order valence-corrected chi connectivity index (χ3v) is 3.50. The first-order valence-electron chi connectivity index (χ1n) is 7.90. The quantitative estimate of drug-likeness (QED) is 0.703. The molecule has 0 saturated heterocycles. The van der Waals surface area contributed by atoms with E-state index in [9.17, 15) is 4.79 Å². The van der Waals surface area contributed by atoms with Crippen LogP contribution in [-0.4, -0.2) is 29.7 Å². The number of benzene rings is 2. The normalized spacial score (nSPS) is 10.4.